The lowest BCUT2D eigenvalue weighted by Crippen LogP contribution is -2.16. The van der Waals surface area contributed by atoms with E-state index in [0.717, 1.165) is 17.2 Å². The minimum absolute atomic E-state index is 0. The number of amides is 1. The molecule has 2 aromatic rings. The highest BCUT2D eigenvalue weighted by molar-refractivity contribution is 5.90. The summed E-state index contributed by atoms with van der Waals surface area (Å²) in [6.07, 6.45) is 1.92. The number of anilines is 1. The summed E-state index contributed by atoms with van der Waals surface area (Å²) < 4.78 is 1.76. The molecule has 2 rings (SSSR count). The number of carbonyl (C=O) groups excluding carboxylic acids is 1. The van der Waals surface area contributed by atoms with Gasteiger partial charge in [-0.2, -0.15) is 5.10 Å². The van der Waals surface area contributed by atoms with Gasteiger partial charge in [0.25, 0.3) is 0 Å². The largest absolute Gasteiger partial charge is 0.330 e. The van der Waals surface area contributed by atoms with Crippen LogP contribution in [0.4, 0.5) is 5.69 Å². The maximum atomic E-state index is 11.4. The van der Waals surface area contributed by atoms with Crippen LogP contribution in [0, 0.1) is 13.8 Å². The molecule has 0 bridgehead atoms. The van der Waals surface area contributed by atoms with E-state index in [1.807, 2.05) is 26.0 Å². The van der Waals surface area contributed by atoms with E-state index < -0.39 is 0 Å². The number of rotatable bonds is 4. The van der Waals surface area contributed by atoms with Gasteiger partial charge in [0, 0.05) is 18.7 Å². The van der Waals surface area contributed by atoms with Gasteiger partial charge in [0.2, 0.25) is 5.91 Å². The van der Waals surface area contributed by atoms with Gasteiger partial charge in [-0.25, -0.2) is 9.67 Å². The zero-order valence-electron chi connectivity index (χ0n) is 11.5. The molecule has 2 aromatic heterocycles. The molecule has 20 heavy (non-hydrogen) atoms. The summed E-state index contributed by atoms with van der Waals surface area (Å²) in [5.74, 6) is 0.616. The molecule has 0 saturated carbocycles. The lowest BCUT2D eigenvalue weighted by atomic mass is 10.3. The average molecular weight is 296 g/mol. The molecule has 0 spiro atoms. The number of nitrogens with one attached hydrogen (secondary N) is 1. The highest BCUT2D eigenvalue weighted by Crippen LogP contribution is 2.12. The number of nitrogens with zero attached hydrogens (tertiary/aromatic N) is 3. The number of pyridine rings is 1. The normalized spacial score (nSPS) is 9.95. The van der Waals surface area contributed by atoms with E-state index >= 15 is 0 Å². The summed E-state index contributed by atoms with van der Waals surface area (Å²) in [6, 6.07) is 5.60. The maximum Gasteiger partial charge on any atom is 0.225 e. The molecule has 0 saturated heterocycles. The summed E-state index contributed by atoms with van der Waals surface area (Å²) in [7, 11) is 0. The first kappa shape index (κ1) is 16.1. The van der Waals surface area contributed by atoms with Crippen LogP contribution in [-0.4, -0.2) is 27.2 Å². The van der Waals surface area contributed by atoms with Crippen molar-refractivity contribution in [2.24, 2.45) is 5.73 Å². The molecular weight excluding hydrogens is 278 g/mol. The van der Waals surface area contributed by atoms with Crippen LogP contribution in [-0.2, 0) is 4.79 Å². The Morgan fingerprint density at radius 2 is 2.15 bits per heavy atom. The van der Waals surface area contributed by atoms with Crippen molar-refractivity contribution in [3.63, 3.8) is 0 Å². The van der Waals surface area contributed by atoms with Gasteiger partial charge in [0.15, 0.2) is 5.82 Å². The third kappa shape index (κ3) is 3.79. The SMILES string of the molecule is Cc1cc(C)n(-c2ccc(NC(=O)CCN)cn2)n1.Cl. The lowest BCUT2D eigenvalue weighted by molar-refractivity contribution is -0.116. The molecule has 0 aliphatic rings. The Morgan fingerprint density at radius 1 is 1.40 bits per heavy atom. The van der Waals surface area contributed by atoms with Crippen molar-refractivity contribution in [1.29, 1.82) is 0 Å². The fraction of sp³-hybridized carbons (Fsp3) is 0.308. The first-order chi connectivity index (χ1) is 9.10. The Kier molecular flexibility index (Phi) is 5.66. The Hall–Kier alpha value is -1.92. The molecule has 0 unspecified atom stereocenters. The summed E-state index contributed by atoms with van der Waals surface area (Å²) in [6.45, 7) is 4.24. The van der Waals surface area contributed by atoms with E-state index in [0.29, 0.717) is 18.7 Å². The van der Waals surface area contributed by atoms with Crippen LogP contribution in [0.5, 0.6) is 0 Å². The second kappa shape index (κ2) is 7.02. The Balaban J connectivity index is 0.00000200. The van der Waals surface area contributed by atoms with Crippen molar-refractivity contribution in [1.82, 2.24) is 14.8 Å². The predicted molar refractivity (Wildman–Crippen MR) is 80.4 cm³/mol. The lowest BCUT2D eigenvalue weighted by Gasteiger charge is -2.06. The molecule has 2 heterocycles. The third-order valence-electron chi connectivity index (χ3n) is 2.63. The van der Waals surface area contributed by atoms with Crippen molar-refractivity contribution in [3.05, 3.63) is 35.8 Å². The fourth-order valence-electron chi connectivity index (χ4n) is 1.80. The second-order valence-electron chi connectivity index (χ2n) is 4.33. The Labute approximate surface area is 123 Å². The van der Waals surface area contributed by atoms with Crippen molar-refractivity contribution in [2.75, 3.05) is 11.9 Å². The van der Waals surface area contributed by atoms with Gasteiger partial charge in [-0.05, 0) is 32.0 Å². The highest BCUT2D eigenvalue weighted by Gasteiger charge is 2.06. The number of carbonyl (C=O) groups is 1. The highest BCUT2D eigenvalue weighted by atomic mass is 35.5. The van der Waals surface area contributed by atoms with E-state index in [2.05, 4.69) is 15.4 Å². The van der Waals surface area contributed by atoms with Gasteiger partial charge in [-0.15, -0.1) is 12.4 Å². The number of hydrogen-bond donors (Lipinski definition) is 2. The van der Waals surface area contributed by atoms with Crippen LogP contribution >= 0.6 is 12.4 Å². The van der Waals surface area contributed by atoms with E-state index in [9.17, 15) is 4.79 Å². The molecule has 108 valence electrons. The van der Waals surface area contributed by atoms with Crippen LogP contribution < -0.4 is 11.1 Å². The summed E-state index contributed by atoms with van der Waals surface area (Å²) in [5, 5.41) is 7.08. The topological polar surface area (TPSA) is 85.8 Å². The zero-order chi connectivity index (χ0) is 13.8. The number of halogens is 1. The molecule has 0 aliphatic carbocycles. The van der Waals surface area contributed by atoms with E-state index in [1.165, 1.54) is 0 Å². The van der Waals surface area contributed by atoms with Crippen molar-refractivity contribution in [2.45, 2.75) is 20.3 Å². The summed E-state index contributed by atoms with van der Waals surface area (Å²) >= 11 is 0. The van der Waals surface area contributed by atoms with Crippen molar-refractivity contribution in [3.8, 4) is 5.82 Å². The summed E-state index contributed by atoms with van der Waals surface area (Å²) in [5.41, 5.74) is 7.93. The van der Waals surface area contributed by atoms with Gasteiger partial charge in [-0.1, -0.05) is 0 Å². The molecule has 0 radical (unpaired) electrons. The predicted octanol–water partition coefficient (Wildman–Crippen LogP) is 1.59. The fourth-order valence-corrected chi connectivity index (χ4v) is 1.80. The van der Waals surface area contributed by atoms with Gasteiger partial charge >= 0.3 is 0 Å². The molecule has 0 aliphatic heterocycles. The average Bonchev–Trinajstić information content (AvgIpc) is 2.70. The first-order valence-electron chi connectivity index (χ1n) is 6.10. The van der Waals surface area contributed by atoms with Crippen LogP contribution in [0.15, 0.2) is 24.4 Å². The molecule has 0 atom stereocenters. The van der Waals surface area contributed by atoms with Crippen LogP contribution in [0.2, 0.25) is 0 Å². The second-order valence-corrected chi connectivity index (χ2v) is 4.33. The van der Waals surface area contributed by atoms with Crippen LogP contribution in [0.3, 0.4) is 0 Å². The third-order valence-corrected chi connectivity index (χ3v) is 2.63. The number of aryl methyl sites for hydroxylation is 2. The van der Waals surface area contributed by atoms with E-state index in [1.54, 1.807) is 16.9 Å². The molecule has 3 N–H and O–H groups in total. The number of hydrogen-bond acceptors (Lipinski definition) is 4. The van der Waals surface area contributed by atoms with Crippen LogP contribution in [0.1, 0.15) is 17.8 Å². The van der Waals surface area contributed by atoms with E-state index in [4.69, 9.17) is 5.73 Å². The van der Waals surface area contributed by atoms with Gasteiger partial charge in [0.1, 0.15) is 0 Å². The molecular formula is C13H18ClN5O. The Bertz CT molecular complexity index is 579. The number of aromatic nitrogens is 3. The molecule has 6 nitrogen and oxygen atoms in total. The first-order valence-corrected chi connectivity index (χ1v) is 6.10. The minimum atomic E-state index is -0.108. The maximum absolute atomic E-state index is 11.4. The summed E-state index contributed by atoms with van der Waals surface area (Å²) in [4.78, 5) is 15.7. The van der Waals surface area contributed by atoms with Crippen molar-refractivity contribution < 1.29 is 4.79 Å². The smallest absolute Gasteiger partial charge is 0.225 e. The van der Waals surface area contributed by atoms with Gasteiger partial charge < -0.3 is 11.1 Å². The molecule has 0 fully saturated rings. The van der Waals surface area contributed by atoms with E-state index in [-0.39, 0.29) is 18.3 Å². The standard InChI is InChI=1S/C13H17N5O.ClH/c1-9-7-10(2)18(17-9)12-4-3-11(8-15-12)16-13(19)5-6-14;/h3-4,7-8H,5-6,14H2,1-2H3,(H,16,19);1H. The minimum Gasteiger partial charge on any atom is -0.330 e. The molecule has 7 heteroatoms. The van der Waals surface area contributed by atoms with Crippen LogP contribution in [0.25, 0.3) is 5.82 Å². The Morgan fingerprint density at radius 3 is 2.65 bits per heavy atom. The van der Waals surface area contributed by atoms with Gasteiger partial charge in [0.05, 0.1) is 17.6 Å². The molecule has 1 amide bonds. The zero-order valence-corrected chi connectivity index (χ0v) is 12.3. The quantitative estimate of drug-likeness (QED) is 0.897. The monoisotopic (exact) mass is 295 g/mol. The van der Waals surface area contributed by atoms with Crippen molar-refractivity contribution >= 4 is 24.0 Å². The molecule has 0 aromatic carbocycles. The van der Waals surface area contributed by atoms with Gasteiger partial charge in [-0.3, -0.25) is 4.79 Å². The number of nitrogens with two attached hydrogens (primary N) is 1.